The number of rotatable bonds is 14. The first-order chi connectivity index (χ1) is 19.6. The van der Waals surface area contributed by atoms with Gasteiger partial charge in [0.2, 0.25) is 11.9 Å². The Bertz CT molecular complexity index is 1230. The number of anilines is 2. The van der Waals surface area contributed by atoms with E-state index in [-0.39, 0.29) is 35.8 Å². The van der Waals surface area contributed by atoms with Crippen LogP contribution in [0.25, 0.3) is 0 Å². The van der Waals surface area contributed by atoms with Gasteiger partial charge in [0.05, 0.1) is 11.7 Å². The van der Waals surface area contributed by atoms with Crippen molar-refractivity contribution in [1.29, 1.82) is 0 Å². The summed E-state index contributed by atoms with van der Waals surface area (Å²) in [6.07, 6.45) is 13.8. The molecule has 0 spiro atoms. The third kappa shape index (κ3) is 9.69. The van der Waals surface area contributed by atoms with Crippen LogP contribution in [0.15, 0.2) is 59.0 Å². The molecule has 9 heteroatoms. The minimum Gasteiger partial charge on any atom is -0.483 e. The zero-order valence-electron chi connectivity index (χ0n) is 25.6. The van der Waals surface area contributed by atoms with Gasteiger partial charge < -0.3 is 20.7 Å². The van der Waals surface area contributed by atoms with Gasteiger partial charge in [-0.1, -0.05) is 41.5 Å². The average Bonchev–Trinajstić information content (AvgIpc) is 3.16. The van der Waals surface area contributed by atoms with Crippen molar-refractivity contribution in [3.8, 4) is 5.75 Å². The Morgan fingerprint density at radius 2 is 1.95 bits per heavy atom. The van der Waals surface area contributed by atoms with Crippen molar-refractivity contribution in [1.82, 2.24) is 20.3 Å². The Hall–Kier alpha value is -3.75. The molecule has 1 amide bonds. The van der Waals surface area contributed by atoms with Crippen molar-refractivity contribution < 1.29 is 9.53 Å². The lowest BCUT2D eigenvalue weighted by atomic mass is 9.86. The first kappa shape index (κ1) is 31.8. The summed E-state index contributed by atoms with van der Waals surface area (Å²) in [6, 6.07) is 5.63. The van der Waals surface area contributed by atoms with Crippen LogP contribution in [0.1, 0.15) is 79.3 Å². The topological polar surface area (TPSA) is 119 Å². The number of aliphatic imine (C=N–C) groups is 1. The van der Waals surface area contributed by atoms with Gasteiger partial charge in [-0.05, 0) is 73.4 Å². The molecule has 0 radical (unpaired) electrons. The lowest BCUT2D eigenvalue weighted by Gasteiger charge is -2.26. The molecule has 3 rings (SSSR count). The molecule has 9 nitrogen and oxygen atoms in total. The van der Waals surface area contributed by atoms with Crippen molar-refractivity contribution in [3.63, 3.8) is 0 Å². The van der Waals surface area contributed by atoms with Crippen LogP contribution in [-0.2, 0) is 11.4 Å². The van der Waals surface area contributed by atoms with Crippen molar-refractivity contribution in [3.05, 3.63) is 59.7 Å². The number of hydrogen-bond acceptors (Lipinski definition) is 8. The second-order valence-corrected chi connectivity index (χ2v) is 11.5. The summed E-state index contributed by atoms with van der Waals surface area (Å²) in [5, 5.41) is 3.22. The Kier molecular flexibility index (Phi) is 11.9. The van der Waals surface area contributed by atoms with Gasteiger partial charge in [-0.2, -0.15) is 0 Å². The van der Waals surface area contributed by atoms with Gasteiger partial charge in [-0.3, -0.25) is 9.79 Å². The van der Waals surface area contributed by atoms with E-state index in [9.17, 15) is 4.79 Å². The van der Waals surface area contributed by atoms with E-state index in [4.69, 9.17) is 15.5 Å². The molecule has 222 valence electrons. The van der Waals surface area contributed by atoms with Crippen LogP contribution in [0.4, 0.5) is 11.8 Å². The number of nitrogens with two attached hydrogens (primary N) is 1. The lowest BCUT2D eigenvalue weighted by molar-refractivity contribution is -0.124. The number of carbonyl (C=O) groups excluding carboxylic acids is 1. The fourth-order valence-corrected chi connectivity index (χ4v) is 4.65. The molecular weight excluding hydrogens is 514 g/mol. The quantitative estimate of drug-likeness (QED) is 0.295. The van der Waals surface area contributed by atoms with E-state index in [2.05, 4.69) is 78.9 Å². The van der Waals surface area contributed by atoms with Gasteiger partial charge in [0.25, 0.3) is 0 Å². The molecule has 2 aromatic heterocycles. The first-order valence-corrected chi connectivity index (χ1v) is 14.8. The standard InChI is InChI=1S/C32H47N7O2/c1-7-17-39(29-28(13-10-15-34-29)41-22-26-14-16-35-31(33)38-26)18-11-12-23(8-2)30(40)37-27-19-24(32(4,5)6)21-36-25(9-3)20-27/h10,13-16,19-21,23,25H,7-9,11-12,17-18,22H2,1-6H3,(H,37,40)(H2,33,35,38). The summed E-state index contributed by atoms with van der Waals surface area (Å²) in [4.78, 5) is 33.2. The monoisotopic (exact) mass is 561 g/mol. The number of nitrogens with one attached hydrogen (secondary N) is 1. The first-order valence-electron chi connectivity index (χ1n) is 14.8. The van der Waals surface area contributed by atoms with Gasteiger partial charge in [0, 0.05) is 43.3 Å². The third-order valence-electron chi connectivity index (χ3n) is 7.14. The van der Waals surface area contributed by atoms with E-state index >= 15 is 0 Å². The minimum absolute atomic E-state index is 0.0565. The second kappa shape index (κ2) is 15.3. The molecule has 3 heterocycles. The summed E-state index contributed by atoms with van der Waals surface area (Å²) in [6.45, 7) is 14.7. The molecule has 0 aromatic carbocycles. The number of pyridine rings is 1. The molecule has 0 aliphatic carbocycles. The third-order valence-corrected chi connectivity index (χ3v) is 7.14. The maximum atomic E-state index is 13.4. The fourth-order valence-electron chi connectivity index (χ4n) is 4.65. The SMILES string of the molecule is CCCN(CCCC(CC)C(=O)NC1=CC(CC)N=CC(C(C)(C)C)=C1)c1ncccc1OCc1ccnc(N)n1. The smallest absolute Gasteiger partial charge is 0.227 e. The van der Waals surface area contributed by atoms with E-state index < -0.39 is 0 Å². The molecule has 41 heavy (non-hydrogen) atoms. The Morgan fingerprint density at radius 1 is 1.15 bits per heavy atom. The minimum atomic E-state index is -0.0854. The zero-order valence-corrected chi connectivity index (χ0v) is 25.6. The molecule has 0 saturated heterocycles. The average molecular weight is 562 g/mol. The number of allylic oxidation sites excluding steroid dienone is 2. The zero-order chi connectivity index (χ0) is 29.8. The highest BCUT2D eigenvalue weighted by Crippen LogP contribution is 2.28. The fraction of sp³-hybridized carbons (Fsp3) is 0.531. The summed E-state index contributed by atoms with van der Waals surface area (Å²) in [5.41, 5.74) is 8.32. The maximum Gasteiger partial charge on any atom is 0.227 e. The number of nitrogens with zero attached hydrogens (tertiary/aromatic N) is 5. The van der Waals surface area contributed by atoms with E-state index in [0.717, 1.165) is 62.3 Å². The van der Waals surface area contributed by atoms with Gasteiger partial charge in [0.15, 0.2) is 11.6 Å². The normalized spacial score (nSPS) is 15.9. The van der Waals surface area contributed by atoms with Crippen LogP contribution >= 0.6 is 0 Å². The van der Waals surface area contributed by atoms with Gasteiger partial charge in [0.1, 0.15) is 6.61 Å². The van der Waals surface area contributed by atoms with Crippen molar-refractivity contribution >= 4 is 23.9 Å². The van der Waals surface area contributed by atoms with Crippen LogP contribution in [0.2, 0.25) is 0 Å². The van der Waals surface area contributed by atoms with Gasteiger partial charge >= 0.3 is 0 Å². The van der Waals surface area contributed by atoms with Crippen LogP contribution in [0.5, 0.6) is 5.75 Å². The van der Waals surface area contributed by atoms with Crippen molar-refractivity contribution in [2.75, 3.05) is 23.7 Å². The van der Waals surface area contributed by atoms with Crippen molar-refractivity contribution in [2.45, 2.75) is 86.3 Å². The van der Waals surface area contributed by atoms with E-state index in [1.165, 1.54) is 0 Å². The molecule has 0 fully saturated rings. The van der Waals surface area contributed by atoms with Gasteiger partial charge in [-0.25, -0.2) is 15.0 Å². The largest absolute Gasteiger partial charge is 0.483 e. The molecular formula is C32H47N7O2. The summed E-state index contributed by atoms with van der Waals surface area (Å²) < 4.78 is 6.10. The molecule has 1 aliphatic rings. The number of hydrogen-bond donors (Lipinski definition) is 2. The Labute approximate surface area is 245 Å². The molecule has 0 bridgehead atoms. The molecule has 2 unspecified atom stereocenters. The summed E-state index contributed by atoms with van der Waals surface area (Å²) in [5.74, 6) is 1.69. The highest BCUT2D eigenvalue weighted by molar-refractivity contribution is 5.84. The maximum absolute atomic E-state index is 13.4. The van der Waals surface area contributed by atoms with Gasteiger partial charge in [-0.15, -0.1) is 0 Å². The summed E-state index contributed by atoms with van der Waals surface area (Å²) >= 11 is 0. The number of nitrogen functional groups attached to an aromatic ring is 1. The van der Waals surface area contributed by atoms with E-state index in [1.54, 1.807) is 18.5 Å². The van der Waals surface area contributed by atoms with Crippen LogP contribution in [0, 0.1) is 11.3 Å². The molecule has 0 saturated carbocycles. The lowest BCUT2D eigenvalue weighted by Crippen LogP contribution is -2.32. The summed E-state index contributed by atoms with van der Waals surface area (Å²) in [7, 11) is 0. The Balaban J connectivity index is 1.64. The number of carbonyl (C=O) groups is 1. The predicted molar refractivity (Wildman–Crippen MR) is 167 cm³/mol. The number of aromatic nitrogens is 3. The highest BCUT2D eigenvalue weighted by Gasteiger charge is 2.22. The highest BCUT2D eigenvalue weighted by atomic mass is 16.5. The number of ether oxygens (including phenoxy) is 1. The van der Waals surface area contributed by atoms with E-state index in [1.807, 2.05) is 18.3 Å². The number of amides is 1. The second-order valence-electron chi connectivity index (χ2n) is 11.5. The molecule has 1 aliphatic heterocycles. The van der Waals surface area contributed by atoms with Crippen LogP contribution in [-0.4, -0.2) is 46.2 Å². The van der Waals surface area contributed by atoms with Crippen LogP contribution < -0.4 is 20.7 Å². The molecule has 2 aromatic rings. The predicted octanol–water partition coefficient (Wildman–Crippen LogP) is 5.89. The van der Waals surface area contributed by atoms with E-state index in [0.29, 0.717) is 11.4 Å². The molecule has 3 N–H and O–H groups in total. The van der Waals surface area contributed by atoms with Crippen LogP contribution in [0.3, 0.4) is 0 Å². The van der Waals surface area contributed by atoms with Crippen molar-refractivity contribution in [2.24, 2.45) is 16.3 Å². The Morgan fingerprint density at radius 3 is 2.63 bits per heavy atom. The molecule has 2 atom stereocenters.